The summed E-state index contributed by atoms with van der Waals surface area (Å²) in [6.07, 6.45) is 0.169. The summed E-state index contributed by atoms with van der Waals surface area (Å²) in [5, 5.41) is 17.8. The van der Waals surface area contributed by atoms with Crippen LogP contribution in [0.1, 0.15) is 12.8 Å². The number of thioether (sulfide) groups is 1. The van der Waals surface area contributed by atoms with E-state index in [1.165, 1.54) is 7.05 Å². The number of hydrogen-bond acceptors (Lipinski definition) is 6. The van der Waals surface area contributed by atoms with E-state index in [0.29, 0.717) is 12.2 Å². The largest absolute Gasteiger partial charge is 0.429 e. The fraction of sp³-hybridized carbons (Fsp3) is 0.200. The minimum absolute atomic E-state index is 0.0382. The molecule has 1 amide bonds. The summed E-state index contributed by atoms with van der Waals surface area (Å²) in [7, 11) is 1.49. The third-order valence-corrected chi connectivity index (χ3v) is 4.72. The molecule has 0 radical (unpaired) electrons. The Labute approximate surface area is 163 Å². The fourth-order valence-corrected chi connectivity index (χ4v) is 3.29. The Balaban J connectivity index is 1.94. The maximum absolute atomic E-state index is 11.2. The Morgan fingerprint density at radius 3 is 2.56 bits per heavy atom. The van der Waals surface area contributed by atoms with Gasteiger partial charge in [-0.25, -0.2) is 0 Å². The highest BCUT2D eigenvalue weighted by Gasteiger charge is 2.10. The molecule has 0 aliphatic rings. The lowest BCUT2D eigenvalue weighted by Crippen LogP contribution is -2.23. The molecule has 3 N–H and O–H groups in total. The van der Waals surface area contributed by atoms with E-state index in [-0.39, 0.29) is 24.1 Å². The van der Waals surface area contributed by atoms with Gasteiger partial charge in [-0.15, -0.1) is 11.8 Å². The smallest absolute Gasteiger partial charge is 0.229 e. The first kappa shape index (κ1) is 20.4. The molecule has 0 aliphatic heterocycles. The predicted molar refractivity (Wildman–Crippen MR) is 112 cm³/mol. The summed E-state index contributed by atoms with van der Waals surface area (Å²) in [6, 6.07) is 16.1. The van der Waals surface area contributed by atoms with Crippen LogP contribution < -0.4 is 5.32 Å². The molecular weight excluding hydrogens is 360 g/mol. The van der Waals surface area contributed by atoms with E-state index in [4.69, 9.17) is 15.6 Å². The molecule has 0 saturated carbocycles. The van der Waals surface area contributed by atoms with Gasteiger partial charge in [-0.2, -0.15) is 0 Å². The topological polar surface area (TPSA) is 98.4 Å². The van der Waals surface area contributed by atoms with Crippen molar-refractivity contribution < 1.29 is 9.53 Å². The third kappa shape index (κ3) is 6.38. The molecule has 2 rings (SSSR count). The van der Waals surface area contributed by atoms with Crippen molar-refractivity contribution in [2.75, 3.05) is 12.8 Å². The van der Waals surface area contributed by atoms with Crippen LogP contribution in [-0.2, 0) is 9.53 Å². The maximum Gasteiger partial charge on any atom is 0.229 e. The number of nitrogens with one attached hydrogen (secondary N) is 3. The Morgan fingerprint density at radius 1 is 1.15 bits per heavy atom. The van der Waals surface area contributed by atoms with Gasteiger partial charge >= 0.3 is 0 Å². The van der Waals surface area contributed by atoms with Gasteiger partial charge in [0.05, 0.1) is 5.69 Å². The van der Waals surface area contributed by atoms with E-state index in [2.05, 4.69) is 23.1 Å². The van der Waals surface area contributed by atoms with Gasteiger partial charge in [0.15, 0.2) is 11.8 Å². The predicted octanol–water partition coefficient (Wildman–Crippen LogP) is 4.28. The second kappa shape index (κ2) is 10.3. The number of carbonyl (C=O) groups excluding carboxylic acids is 1. The highest BCUT2D eigenvalue weighted by Crippen LogP contribution is 2.34. The summed E-state index contributed by atoms with van der Waals surface area (Å²) < 4.78 is 5.07. The average molecular weight is 382 g/mol. The van der Waals surface area contributed by atoms with Crippen LogP contribution in [-0.4, -0.2) is 37.2 Å². The molecule has 0 heterocycles. The molecule has 6 nitrogen and oxygen atoms in total. The summed E-state index contributed by atoms with van der Waals surface area (Å²) in [6.45, 7) is 3.62. The zero-order valence-corrected chi connectivity index (χ0v) is 15.9. The maximum atomic E-state index is 11.2. The van der Waals surface area contributed by atoms with Crippen molar-refractivity contribution in [1.82, 2.24) is 5.32 Å². The lowest BCUT2D eigenvalue weighted by atomic mass is 10.1. The molecule has 140 valence electrons. The summed E-state index contributed by atoms with van der Waals surface area (Å²) in [4.78, 5) is 16.2. The minimum atomic E-state index is -0.318. The SMILES string of the molecule is C=Nc1ccc(-c2ccccc2)cc1SCCC(=N)OC(=N)CC(=O)NC. The monoisotopic (exact) mass is 382 g/mol. The first-order valence-electron chi connectivity index (χ1n) is 8.35. The van der Waals surface area contributed by atoms with Gasteiger partial charge in [0.25, 0.3) is 0 Å². The van der Waals surface area contributed by atoms with Gasteiger partial charge in [-0.05, 0) is 30.0 Å². The quantitative estimate of drug-likeness (QED) is 0.361. The van der Waals surface area contributed by atoms with Crippen molar-refractivity contribution in [3.63, 3.8) is 0 Å². The number of hydrogen-bond donors (Lipinski definition) is 3. The van der Waals surface area contributed by atoms with Crippen LogP contribution in [0.3, 0.4) is 0 Å². The number of rotatable bonds is 8. The molecule has 0 atom stereocenters. The first-order chi connectivity index (χ1) is 13.0. The van der Waals surface area contributed by atoms with Crippen molar-refractivity contribution in [2.24, 2.45) is 4.99 Å². The number of ether oxygens (including phenoxy) is 1. The zero-order chi connectivity index (χ0) is 19.6. The summed E-state index contributed by atoms with van der Waals surface area (Å²) >= 11 is 1.55. The van der Waals surface area contributed by atoms with E-state index < -0.39 is 0 Å². The van der Waals surface area contributed by atoms with Crippen molar-refractivity contribution in [1.29, 1.82) is 10.8 Å². The van der Waals surface area contributed by atoms with E-state index in [1.54, 1.807) is 11.8 Å². The average Bonchev–Trinajstić information content (AvgIpc) is 2.68. The Hall–Kier alpha value is -2.93. The van der Waals surface area contributed by atoms with Gasteiger partial charge < -0.3 is 10.1 Å². The molecular formula is C20H22N4O2S. The molecule has 0 aromatic heterocycles. The normalized spacial score (nSPS) is 10.1. The van der Waals surface area contributed by atoms with Crippen LogP contribution in [0.5, 0.6) is 0 Å². The van der Waals surface area contributed by atoms with Gasteiger partial charge in [0.1, 0.15) is 6.42 Å². The molecule has 27 heavy (non-hydrogen) atoms. The lowest BCUT2D eigenvalue weighted by Gasteiger charge is -2.10. The molecule has 0 fully saturated rings. The summed E-state index contributed by atoms with van der Waals surface area (Å²) in [5.41, 5.74) is 3.00. The van der Waals surface area contributed by atoms with Gasteiger partial charge in [0.2, 0.25) is 5.91 Å². The third-order valence-electron chi connectivity index (χ3n) is 3.67. The number of benzene rings is 2. The van der Waals surface area contributed by atoms with Crippen molar-refractivity contribution in [2.45, 2.75) is 17.7 Å². The highest BCUT2D eigenvalue weighted by molar-refractivity contribution is 7.99. The summed E-state index contributed by atoms with van der Waals surface area (Å²) in [5.74, 6) is 0.00143. The molecule has 2 aromatic carbocycles. The van der Waals surface area contributed by atoms with E-state index in [0.717, 1.165) is 21.7 Å². The van der Waals surface area contributed by atoms with Crippen LogP contribution >= 0.6 is 11.8 Å². The van der Waals surface area contributed by atoms with Crippen LogP contribution in [0.2, 0.25) is 0 Å². The highest BCUT2D eigenvalue weighted by atomic mass is 32.2. The molecule has 0 aliphatic carbocycles. The van der Waals surface area contributed by atoms with Crippen LogP contribution in [0.15, 0.2) is 58.4 Å². The fourth-order valence-electron chi connectivity index (χ4n) is 2.29. The van der Waals surface area contributed by atoms with Crippen molar-refractivity contribution in [3.05, 3.63) is 48.5 Å². The van der Waals surface area contributed by atoms with E-state index >= 15 is 0 Å². The number of nitrogens with zero attached hydrogens (tertiary/aromatic N) is 1. The molecule has 0 saturated heterocycles. The van der Waals surface area contributed by atoms with Crippen molar-refractivity contribution >= 4 is 41.9 Å². The second-order valence-corrected chi connectivity index (χ2v) is 6.74. The zero-order valence-electron chi connectivity index (χ0n) is 15.1. The van der Waals surface area contributed by atoms with Gasteiger partial charge in [-0.1, -0.05) is 36.4 Å². The first-order valence-corrected chi connectivity index (χ1v) is 9.34. The number of carbonyl (C=O) groups is 1. The molecule has 0 spiro atoms. The molecule has 2 aromatic rings. The number of amides is 1. The Bertz CT molecular complexity index is 837. The van der Waals surface area contributed by atoms with Crippen molar-refractivity contribution in [3.8, 4) is 11.1 Å². The number of aliphatic imine (C=N–C) groups is 1. The lowest BCUT2D eigenvalue weighted by molar-refractivity contribution is -0.119. The van der Waals surface area contributed by atoms with Crippen LogP contribution in [0.25, 0.3) is 11.1 Å². The van der Waals surface area contributed by atoms with Crippen LogP contribution in [0.4, 0.5) is 5.69 Å². The molecule has 7 heteroatoms. The second-order valence-electron chi connectivity index (χ2n) is 5.60. The Morgan fingerprint density at radius 2 is 1.89 bits per heavy atom. The standard InChI is InChI=1S/C20H22N4O2S/c1-23-16-9-8-15(14-6-4-3-5-7-14)12-17(16)27-11-10-18(21)26-19(22)13-20(25)24-2/h3-9,12,21-22H,1,10-11,13H2,2H3,(H,24,25). The van der Waals surface area contributed by atoms with Crippen LogP contribution in [0, 0.1) is 10.8 Å². The van der Waals surface area contributed by atoms with Gasteiger partial charge in [0, 0.05) is 24.1 Å². The minimum Gasteiger partial charge on any atom is -0.429 e. The van der Waals surface area contributed by atoms with Gasteiger partial charge in [-0.3, -0.25) is 20.6 Å². The van der Waals surface area contributed by atoms with E-state index in [9.17, 15) is 4.79 Å². The molecule has 0 unspecified atom stereocenters. The molecule has 0 bridgehead atoms. The van der Waals surface area contributed by atoms with E-state index in [1.807, 2.05) is 42.5 Å². The Kier molecular flexibility index (Phi) is 7.76.